The minimum Gasteiger partial charge on any atom is -0.494 e. The van der Waals surface area contributed by atoms with Gasteiger partial charge in [0, 0.05) is 25.6 Å². The third-order valence-electron chi connectivity index (χ3n) is 4.40. The number of carbonyl (C=O) groups is 2. The fourth-order valence-corrected chi connectivity index (χ4v) is 2.97. The Morgan fingerprint density at radius 2 is 1.93 bits per heavy atom. The van der Waals surface area contributed by atoms with Crippen molar-refractivity contribution in [3.05, 3.63) is 29.8 Å². The molecule has 0 aromatic heterocycles. The number of benzene rings is 1. The van der Waals surface area contributed by atoms with Gasteiger partial charge in [-0.3, -0.25) is 4.79 Å². The molecule has 1 saturated heterocycles. The van der Waals surface area contributed by atoms with E-state index in [1.165, 1.54) is 5.56 Å². The van der Waals surface area contributed by atoms with Gasteiger partial charge in [0.25, 0.3) is 0 Å². The minimum absolute atomic E-state index is 0.0404. The lowest BCUT2D eigenvalue weighted by Crippen LogP contribution is -2.45. The Morgan fingerprint density at radius 1 is 1.22 bits per heavy atom. The molecular weight excluding hydrogens is 344 g/mol. The molecule has 2 rings (SSSR count). The van der Waals surface area contributed by atoms with E-state index in [1.54, 1.807) is 4.90 Å². The predicted molar refractivity (Wildman–Crippen MR) is 105 cm³/mol. The van der Waals surface area contributed by atoms with Crippen LogP contribution in [0.5, 0.6) is 5.75 Å². The zero-order valence-electron chi connectivity index (χ0n) is 16.9. The summed E-state index contributed by atoms with van der Waals surface area (Å²) < 4.78 is 11.1. The van der Waals surface area contributed by atoms with E-state index in [9.17, 15) is 9.59 Å². The van der Waals surface area contributed by atoms with Crippen LogP contribution in [-0.4, -0.2) is 48.7 Å². The number of hydrogen-bond acceptors (Lipinski definition) is 4. The zero-order valence-corrected chi connectivity index (χ0v) is 16.9. The summed E-state index contributed by atoms with van der Waals surface area (Å²) in [6.07, 6.45) is 1.81. The highest BCUT2D eigenvalue weighted by Crippen LogP contribution is 2.20. The van der Waals surface area contributed by atoms with Crippen molar-refractivity contribution in [3.8, 4) is 5.75 Å². The van der Waals surface area contributed by atoms with Gasteiger partial charge in [0.1, 0.15) is 11.4 Å². The lowest BCUT2D eigenvalue weighted by Gasteiger charge is -2.32. The van der Waals surface area contributed by atoms with E-state index >= 15 is 0 Å². The topological polar surface area (TPSA) is 67.9 Å². The molecule has 1 heterocycles. The van der Waals surface area contributed by atoms with E-state index in [-0.39, 0.29) is 17.9 Å². The third-order valence-corrected chi connectivity index (χ3v) is 4.40. The number of likely N-dealkylation sites (tertiary alicyclic amines) is 1. The lowest BCUT2D eigenvalue weighted by molar-refractivity contribution is -0.126. The van der Waals surface area contributed by atoms with E-state index in [2.05, 4.69) is 5.32 Å². The van der Waals surface area contributed by atoms with Crippen molar-refractivity contribution in [3.63, 3.8) is 0 Å². The van der Waals surface area contributed by atoms with Gasteiger partial charge >= 0.3 is 6.09 Å². The van der Waals surface area contributed by atoms with E-state index in [1.807, 2.05) is 52.0 Å². The molecule has 0 spiro atoms. The molecule has 1 aliphatic rings. The number of carbonyl (C=O) groups excluding carboxylic acids is 2. The van der Waals surface area contributed by atoms with Crippen molar-refractivity contribution in [1.29, 1.82) is 0 Å². The molecule has 0 radical (unpaired) electrons. The van der Waals surface area contributed by atoms with Crippen molar-refractivity contribution in [2.24, 2.45) is 5.92 Å². The van der Waals surface area contributed by atoms with Gasteiger partial charge in [-0.1, -0.05) is 12.1 Å². The number of rotatable bonds is 6. The van der Waals surface area contributed by atoms with Crippen LogP contribution in [0.4, 0.5) is 4.79 Å². The van der Waals surface area contributed by atoms with Crippen LogP contribution in [0.25, 0.3) is 0 Å². The van der Waals surface area contributed by atoms with Crippen molar-refractivity contribution in [2.45, 2.75) is 52.6 Å². The molecule has 27 heavy (non-hydrogen) atoms. The molecule has 6 heteroatoms. The molecule has 1 N–H and O–H groups in total. The Balaban J connectivity index is 1.61. The SMILES string of the molecule is Cc1cccc(OCCCNC(=O)C2CCN(C(=O)OC(C)(C)C)CC2)c1. The van der Waals surface area contributed by atoms with Gasteiger partial charge < -0.3 is 19.7 Å². The lowest BCUT2D eigenvalue weighted by atomic mass is 9.96. The summed E-state index contributed by atoms with van der Waals surface area (Å²) >= 11 is 0. The maximum absolute atomic E-state index is 12.3. The van der Waals surface area contributed by atoms with E-state index in [0.29, 0.717) is 39.1 Å². The van der Waals surface area contributed by atoms with Crippen LogP contribution in [-0.2, 0) is 9.53 Å². The average molecular weight is 376 g/mol. The maximum Gasteiger partial charge on any atom is 0.410 e. The standard InChI is InChI=1S/C21H32N2O4/c1-16-7-5-8-18(15-16)26-14-6-11-22-19(24)17-9-12-23(13-10-17)20(25)27-21(2,3)4/h5,7-8,15,17H,6,9-14H2,1-4H3,(H,22,24). The van der Waals surface area contributed by atoms with Crippen LogP contribution in [0.2, 0.25) is 0 Å². The van der Waals surface area contributed by atoms with Crippen LogP contribution in [0.1, 0.15) is 45.6 Å². The summed E-state index contributed by atoms with van der Waals surface area (Å²) in [6, 6.07) is 7.93. The molecule has 0 aliphatic carbocycles. The second-order valence-corrected chi connectivity index (χ2v) is 8.05. The summed E-state index contributed by atoms with van der Waals surface area (Å²) in [4.78, 5) is 26.0. The molecule has 1 aliphatic heterocycles. The van der Waals surface area contributed by atoms with Gasteiger partial charge in [0.15, 0.2) is 0 Å². The summed E-state index contributed by atoms with van der Waals surface area (Å²) in [7, 11) is 0. The minimum atomic E-state index is -0.494. The molecule has 0 atom stereocenters. The monoisotopic (exact) mass is 376 g/mol. The highest BCUT2D eigenvalue weighted by molar-refractivity contribution is 5.79. The molecule has 0 unspecified atom stereocenters. The zero-order chi connectivity index (χ0) is 19.9. The summed E-state index contributed by atoms with van der Waals surface area (Å²) in [6.45, 7) is 9.88. The van der Waals surface area contributed by atoms with Crippen LogP contribution < -0.4 is 10.1 Å². The van der Waals surface area contributed by atoms with E-state index in [0.717, 1.165) is 12.2 Å². The average Bonchev–Trinajstić information content (AvgIpc) is 2.60. The quantitative estimate of drug-likeness (QED) is 0.771. The van der Waals surface area contributed by atoms with Gasteiger partial charge in [0.05, 0.1) is 6.61 Å². The Morgan fingerprint density at radius 3 is 2.56 bits per heavy atom. The Bertz CT molecular complexity index is 631. The number of amides is 2. The predicted octanol–water partition coefficient (Wildman–Crippen LogP) is 3.53. The van der Waals surface area contributed by atoms with Gasteiger partial charge in [-0.25, -0.2) is 4.79 Å². The molecule has 0 bridgehead atoms. The number of piperidine rings is 1. The van der Waals surface area contributed by atoms with E-state index in [4.69, 9.17) is 9.47 Å². The smallest absolute Gasteiger partial charge is 0.410 e. The second-order valence-electron chi connectivity index (χ2n) is 8.05. The highest BCUT2D eigenvalue weighted by Gasteiger charge is 2.29. The maximum atomic E-state index is 12.3. The van der Waals surface area contributed by atoms with Crippen molar-refractivity contribution in [1.82, 2.24) is 10.2 Å². The summed E-state index contributed by atoms with van der Waals surface area (Å²) in [5, 5.41) is 2.98. The molecule has 1 aromatic rings. The molecular formula is C21H32N2O4. The summed E-state index contributed by atoms with van der Waals surface area (Å²) in [5.74, 6) is 0.881. The first-order chi connectivity index (χ1) is 12.7. The van der Waals surface area contributed by atoms with Crippen molar-refractivity contribution < 1.29 is 19.1 Å². The third kappa shape index (κ3) is 7.49. The Labute approximate surface area is 162 Å². The molecule has 150 valence electrons. The second kappa shape index (κ2) is 9.62. The number of hydrogen-bond donors (Lipinski definition) is 1. The van der Waals surface area contributed by atoms with Gasteiger partial charge in [-0.2, -0.15) is 0 Å². The number of nitrogens with zero attached hydrogens (tertiary/aromatic N) is 1. The molecule has 0 saturated carbocycles. The first-order valence-corrected chi connectivity index (χ1v) is 9.70. The van der Waals surface area contributed by atoms with Gasteiger partial charge in [0.2, 0.25) is 5.91 Å². The number of nitrogens with one attached hydrogen (secondary N) is 1. The largest absolute Gasteiger partial charge is 0.494 e. The van der Waals surface area contributed by atoms with Crippen LogP contribution in [0.15, 0.2) is 24.3 Å². The fraction of sp³-hybridized carbons (Fsp3) is 0.619. The van der Waals surface area contributed by atoms with Gasteiger partial charge in [-0.05, 0) is 64.7 Å². The highest BCUT2D eigenvalue weighted by atomic mass is 16.6. The van der Waals surface area contributed by atoms with Crippen molar-refractivity contribution in [2.75, 3.05) is 26.2 Å². The normalized spacial score (nSPS) is 15.3. The molecule has 2 amide bonds. The Kier molecular flexibility index (Phi) is 7.51. The number of ether oxygens (including phenoxy) is 2. The fourth-order valence-electron chi connectivity index (χ4n) is 2.97. The van der Waals surface area contributed by atoms with Gasteiger partial charge in [-0.15, -0.1) is 0 Å². The van der Waals surface area contributed by atoms with Crippen LogP contribution >= 0.6 is 0 Å². The molecule has 1 fully saturated rings. The first-order valence-electron chi connectivity index (χ1n) is 9.70. The van der Waals surface area contributed by atoms with Crippen LogP contribution in [0.3, 0.4) is 0 Å². The number of aryl methyl sites for hydroxylation is 1. The summed E-state index contributed by atoms with van der Waals surface area (Å²) in [5.41, 5.74) is 0.671. The Hall–Kier alpha value is -2.24. The molecule has 1 aromatic carbocycles. The van der Waals surface area contributed by atoms with Crippen LogP contribution in [0, 0.1) is 12.8 Å². The molecule has 6 nitrogen and oxygen atoms in total. The van der Waals surface area contributed by atoms with E-state index < -0.39 is 5.60 Å². The first kappa shape index (κ1) is 21.1. The van der Waals surface area contributed by atoms with Crippen molar-refractivity contribution >= 4 is 12.0 Å².